The Kier molecular flexibility index (Phi) is 3.32. The highest BCUT2D eigenvalue weighted by atomic mass is 16.2. The number of aromatic amines is 1. The lowest BCUT2D eigenvalue weighted by Gasteiger charge is -2.14. The van der Waals surface area contributed by atoms with Gasteiger partial charge in [0.1, 0.15) is 11.3 Å². The molecule has 0 fully saturated rings. The van der Waals surface area contributed by atoms with Crippen LogP contribution in [0.5, 0.6) is 0 Å². The number of aromatic nitrogens is 4. The van der Waals surface area contributed by atoms with Crippen molar-refractivity contribution in [3.63, 3.8) is 0 Å². The number of nitrogens with zero attached hydrogens (tertiary/aromatic N) is 3. The summed E-state index contributed by atoms with van der Waals surface area (Å²) < 4.78 is 2.64. The molecule has 0 saturated heterocycles. The van der Waals surface area contributed by atoms with Crippen LogP contribution in [0.2, 0.25) is 0 Å². The maximum atomic E-state index is 12.2. The fourth-order valence-corrected chi connectivity index (χ4v) is 2.01. The lowest BCUT2D eigenvalue weighted by molar-refractivity contribution is 0.499. The molecular weight excluding hydrogens is 246 g/mol. The molecule has 0 spiro atoms. The summed E-state index contributed by atoms with van der Waals surface area (Å²) in [4.78, 5) is 31.5. The number of nitrogens with two attached hydrogens (primary N) is 1. The Hall–Kier alpha value is -1.89. The summed E-state index contributed by atoms with van der Waals surface area (Å²) in [5, 5.41) is 0. The molecule has 2 unspecified atom stereocenters. The van der Waals surface area contributed by atoms with E-state index in [0.29, 0.717) is 17.0 Å². The molecule has 2 atom stereocenters. The van der Waals surface area contributed by atoms with Crippen LogP contribution < -0.4 is 17.0 Å². The summed E-state index contributed by atoms with van der Waals surface area (Å²) in [7, 11) is 1.47. The number of imidazole rings is 1. The molecule has 0 amide bonds. The van der Waals surface area contributed by atoms with Gasteiger partial charge in [0.05, 0.1) is 6.04 Å². The van der Waals surface area contributed by atoms with Crippen molar-refractivity contribution in [2.45, 2.75) is 39.3 Å². The van der Waals surface area contributed by atoms with Crippen LogP contribution in [0.25, 0.3) is 11.2 Å². The minimum absolute atomic E-state index is 0.0361. The van der Waals surface area contributed by atoms with Crippen LogP contribution in [0.1, 0.15) is 45.1 Å². The zero-order chi connectivity index (χ0) is 14.3. The highest BCUT2D eigenvalue weighted by Crippen LogP contribution is 2.15. The van der Waals surface area contributed by atoms with Crippen LogP contribution in [0.4, 0.5) is 0 Å². The van der Waals surface area contributed by atoms with Crippen molar-refractivity contribution < 1.29 is 0 Å². The van der Waals surface area contributed by atoms with Gasteiger partial charge in [0.15, 0.2) is 5.65 Å². The highest BCUT2D eigenvalue weighted by molar-refractivity contribution is 5.70. The van der Waals surface area contributed by atoms with E-state index in [1.54, 1.807) is 11.5 Å². The van der Waals surface area contributed by atoms with Gasteiger partial charge < -0.3 is 10.7 Å². The van der Waals surface area contributed by atoms with Crippen LogP contribution >= 0.6 is 0 Å². The fourth-order valence-electron chi connectivity index (χ4n) is 2.01. The van der Waals surface area contributed by atoms with Gasteiger partial charge >= 0.3 is 5.69 Å². The normalized spacial score (nSPS) is 14.8. The summed E-state index contributed by atoms with van der Waals surface area (Å²) >= 11 is 0. The molecule has 19 heavy (non-hydrogen) atoms. The molecule has 0 aromatic carbocycles. The second kappa shape index (κ2) is 4.65. The van der Waals surface area contributed by atoms with Crippen LogP contribution in [-0.2, 0) is 7.05 Å². The first-order valence-electron chi connectivity index (χ1n) is 6.35. The molecule has 0 aliphatic heterocycles. The number of H-pyrrole nitrogens is 1. The second-order valence-electron chi connectivity index (χ2n) is 4.88. The molecule has 0 radical (unpaired) electrons. The third-order valence-corrected chi connectivity index (χ3v) is 3.41. The minimum atomic E-state index is -0.376. The van der Waals surface area contributed by atoms with Crippen molar-refractivity contribution >= 4 is 11.2 Å². The Balaban J connectivity index is 2.94. The van der Waals surface area contributed by atoms with E-state index in [-0.39, 0.29) is 23.3 Å². The van der Waals surface area contributed by atoms with Crippen LogP contribution in [0.3, 0.4) is 0 Å². The predicted molar refractivity (Wildman–Crippen MR) is 73.2 cm³/mol. The first-order valence-corrected chi connectivity index (χ1v) is 6.35. The third-order valence-electron chi connectivity index (χ3n) is 3.41. The number of hydrogen-bond donors (Lipinski definition) is 2. The fraction of sp³-hybridized carbons (Fsp3) is 0.583. The molecule has 2 heterocycles. The van der Waals surface area contributed by atoms with E-state index in [9.17, 15) is 9.59 Å². The van der Waals surface area contributed by atoms with Crippen molar-refractivity contribution in [2.75, 3.05) is 0 Å². The molecule has 104 valence electrons. The quantitative estimate of drug-likeness (QED) is 0.839. The average molecular weight is 265 g/mol. The van der Waals surface area contributed by atoms with Gasteiger partial charge in [0.2, 0.25) is 0 Å². The Morgan fingerprint density at radius 1 is 1.37 bits per heavy atom. The van der Waals surface area contributed by atoms with Gasteiger partial charge in [-0.05, 0) is 20.3 Å². The lowest BCUT2D eigenvalue weighted by Crippen LogP contribution is -2.39. The van der Waals surface area contributed by atoms with Crippen LogP contribution in [0.15, 0.2) is 9.59 Å². The van der Waals surface area contributed by atoms with Gasteiger partial charge in [-0.25, -0.2) is 9.78 Å². The SMILES string of the molecule is CCC(C)n1c(=O)n(C)c(=O)c2[nH]c(C(C)N)nc21. The molecule has 2 aromatic rings. The maximum Gasteiger partial charge on any atom is 0.332 e. The molecule has 0 aliphatic rings. The zero-order valence-corrected chi connectivity index (χ0v) is 11.6. The smallest absolute Gasteiger partial charge is 0.332 e. The molecule has 2 aromatic heterocycles. The first-order chi connectivity index (χ1) is 8.88. The first kappa shape index (κ1) is 13.5. The van der Waals surface area contributed by atoms with Crippen molar-refractivity contribution in [3.8, 4) is 0 Å². The van der Waals surface area contributed by atoms with Gasteiger partial charge in [-0.1, -0.05) is 6.92 Å². The Morgan fingerprint density at radius 3 is 2.53 bits per heavy atom. The molecular formula is C12H19N5O2. The summed E-state index contributed by atoms with van der Waals surface area (Å²) in [6, 6.07) is -0.358. The Bertz CT molecular complexity index is 722. The average Bonchev–Trinajstić information content (AvgIpc) is 2.81. The van der Waals surface area contributed by atoms with Crippen molar-refractivity contribution in [1.82, 2.24) is 19.1 Å². The number of fused-ring (bicyclic) bond motifs is 1. The standard InChI is InChI=1S/C12H19N5O2/c1-5-6(2)17-10-8(11(18)16(4)12(17)19)14-9(15-10)7(3)13/h6-7H,5,13H2,1-4H3,(H,14,15). The largest absolute Gasteiger partial charge is 0.335 e. The van der Waals surface area contributed by atoms with Gasteiger partial charge in [-0.15, -0.1) is 0 Å². The van der Waals surface area contributed by atoms with Crippen molar-refractivity contribution in [2.24, 2.45) is 12.8 Å². The van der Waals surface area contributed by atoms with Gasteiger partial charge in [0, 0.05) is 13.1 Å². The summed E-state index contributed by atoms with van der Waals surface area (Å²) in [6.07, 6.45) is 0.771. The summed E-state index contributed by atoms with van der Waals surface area (Å²) in [5.41, 5.74) is 5.76. The zero-order valence-electron chi connectivity index (χ0n) is 11.6. The van der Waals surface area contributed by atoms with E-state index in [4.69, 9.17) is 5.73 Å². The molecule has 7 heteroatoms. The van der Waals surface area contributed by atoms with E-state index >= 15 is 0 Å². The summed E-state index contributed by atoms with van der Waals surface area (Å²) in [6.45, 7) is 5.67. The van der Waals surface area contributed by atoms with E-state index in [0.717, 1.165) is 11.0 Å². The van der Waals surface area contributed by atoms with E-state index in [2.05, 4.69) is 9.97 Å². The topological polar surface area (TPSA) is 98.7 Å². The molecule has 0 aliphatic carbocycles. The monoisotopic (exact) mass is 265 g/mol. The van der Waals surface area contributed by atoms with Crippen molar-refractivity contribution in [1.29, 1.82) is 0 Å². The van der Waals surface area contributed by atoms with E-state index in [1.807, 2.05) is 13.8 Å². The molecule has 0 saturated carbocycles. The number of nitrogens with one attached hydrogen (secondary N) is 1. The predicted octanol–water partition coefficient (Wildman–Crippen LogP) is 0.414. The van der Waals surface area contributed by atoms with E-state index < -0.39 is 0 Å². The Morgan fingerprint density at radius 2 is 2.00 bits per heavy atom. The minimum Gasteiger partial charge on any atom is -0.335 e. The maximum absolute atomic E-state index is 12.2. The highest BCUT2D eigenvalue weighted by Gasteiger charge is 2.19. The molecule has 2 rings (SSSR count). The van der Waals surface area contributed by atoms with Gasteiger partial charge in [-0.2, -0.15) is 0 Å². The van der Waals surface area contributed by atoms with Crippen molar-refractivity contribution in [3.05, 3.63) is 26.7 Å². The van der Waals surface area contributed by atoms with Gasteiger partial charge in [-0.3, -0.25) is 13.9 Å². The van der Waals surface area contributed by atoms with Crippen LogP contribution in [-0.4, -0.2) is 19.1 Å². The molecule has 7 nitrogen and oxygen atoms in total. The molecule has 0 bridgehead atoms. The number of rotatable bonds is 3. The van der Waals surface area contributed by atoms with E-state index in [1.165, 1.54) is 7.05 Å². The third kappa shape index (κ3) is 1.99. The second-order valence-corrected chi connectivity index (χ2v) is 4.88. The Labute approximate surface area is 110 Å². The van der Waals surface area contributed by atoms with Gasteiger partial charge in [0.25, 0.3) is 5.56 Å². The van der Waals surface area contributed by atoms with Crippen LogP contribution in [0, 0.1) is 0 Å². The lowest BCUT2D eigenvalue weighted by atomic mass is 10.2. The number of hydrogen-bond acceptors (Lipinski definition) is 4. The molecule has 3 N–H and O–H groups in total. The summed E-state index contributed by atoms with van der Waals surface area (Å²) in [5.74, 6) is 0.509.